The van der Waals surface area contributed by atoms with Gasteiger partial charge in [0.25, 0.3) is 5.91 Å². The summed E-state index contributed by atoms with van der Waals surface area (Å²) in [4.78, 5) is 29.1. The topological polar surface area (TPSA) is 126 Å². The second-order valence-electron chi connectivity index (χ2n) is 8.30. The van der Waals surface area contributed by atoms with E-state index in [9.17, 15) is 23.1 Å². The van der Waals surface area contributed by atoms with Crippen molar-refractivity contribution in [1.82, 2.24) is 9.62 Å². The number of carbonyl (C=O) groups is 2. The predicted molar refractivity (Wildman–Crippen MR) is 145 cm³/mol. The number of carbonyl (C=O) groups excluding carboxylic acids is 2. The number of rotatable bonds is 7. The van der Waals surface area contributed by atoms with E-state index in [1.165, 1.54) is 23.1 Å². The zero-order valence-corrected chi connectivity index (χ0v) is 22.4. The lowest BCUT2D eigenvalue weighted by Crippen LogP contribution is -2.52. The van der Waals surface area contributed by atoms with Crippen molar-refractivity contribution < 1.29 is 27.8 Å². The van der Waals surface area contributed by atoms with Gasteiger partial charge in [-0.05, 0) is 56.6 Å². The van der Waals surface area contributed by atoms with Crippen LogP contribution in [0.1, 0.15) is 10.4 Å². The van der Waals surface area contributed by atoms with Crippen molar-refractivity contribution in [2.24, 2.45) is 0 Å². The fourth-order valence-electron chi connectivity index (χ4n) is 3.68. The molecule has 0 fully saturated rings. The van der Waals surface area contributed by atoms with Crippen LogP contribution in [0.5, 0.6) is 5.75 Å². The van der Waals surface area contributed by atoms with Gasteiger partial charge < -0.3 is 20.3 Å². The summed E-state index contributed by atoms with van der Waals surface area (Å²) in [5.74, 6) is -0.734. The maximum Gasteiger partial charge on any atom is 0.337 e. The lowest BCUT2D eigenvalue weighted by molar-refractivity contribution is 0.0814. The molecule has 5 N–H and O–H groups in total. The molecule has 2 heterocycles. The summed E-state index contributed by atoms with van der Waals surface area (Å²) in [6.07, 6.45) is -0.696. The van der Waals surface area contributed by atoms with E-state index in [0.29, 0.717) is 22.3 Å². The van der Waals surface area contributed by atoms with Crippen LogP contribution >= 0.6 is 33.7 Å². The Bertz CT molecular complexity index is 1320. The molecule has 0 radical (unpaired) electrons. The molecule has 1 unspecified atom stereocenters. The number of anilines is 3. The SMILES string of the molecule is CNc1cc2c(cc1F)C(=O)N(c1ccc(NC(=O)NS(O)(O)c3ccc(Cl)s3)cc1)C(CN(C)C)O2. The number of benzene rings is 2. The van der Waals surface area contributed by atoms with Crippen molar-refractivity contribution in [2.45, 2.75) is 10.4 Å². The van der Waals surface area contributed by atoms with Crippen LogP contribution in [0.4, 0.5) is 26.2 Å². The quantitative estimate of drug-likeness (QED) is 0.259. The van der Waals surface area contributed by atoms with Crippen molar-refractivity contribution in [2.75, 3.05) is 43.2 Å². The molecule has 1 aromatic heterocycles. The molecular formula is C23H25ClFN5O5S2. The van der Waals surface area contributed by atoms with Gasteiger partial charge in [0.15, 0.2) is 6.23 Å². The van der Waals surface area contributed by atoms with Crippen LogP contribution in [0.15, 0.2) is 52.7 Å². The van der Waals surface area contributed by atoms with Gasteiger partial charge in [0.2, 0.25) is 0 Å². The number of ether oxygens (including phenoxy) is 1. The third-order valence-electron chi connectivity index (χ3n) is 5.33. The van der Waals surface area contributed by atoms with E-state index in [1.54, 1.807) is 31.3 Å². The van der Waals surface area contributed by atoms with Gasteiger partial charge in [-0.1, -0.05) is 22.4 Å². The molecule has 3 amide bonds. The summed E-state index contributed by atoms with van der Waals surface area (Å²) < 4.78 is 43.6. The second-order valence-corrected chi connectivity index (χ2v) is 12.0. The number of thiophene rings is 1. The smallest absolute Gasteiger partial charge is 0.337 e. The highest BCUT2D eigenvalue weighted by Gasteiger charge is 2.36. The summed E-state index contributed by atoms with van der Waals surface area (Å²) in [7, 11) is 1.67. The number of hydrogen-bond donors (Lipinski definition) is 5. The van der Waals surface area contributed by atoms with Crippen LogP contribution in [0.2, 0.25) is 4.34 Å². The van der Waals surface area contributed by atoms with Gasteiger partial charge in [-0.15, -0.1) is 11.3 Å². The Kier molecular flexibility index (Phi) is 7.83. The Labute approximate surface area is 223 Å². The average molecular weight is 570 g/mol. The summed E-state index contributed by atoms with van der Waals surface area (Å²) in [6.45, 7) is 0.366. The summed E-state index contributed by atoms with van der Waals surface area (Å²) in [5, 5.41) is 5.26. The highest BCUT2D eigenvalue weighted by Crippen LogP contribution is 2.48. The number of amides is 3. The van der Waals surface area contributed by atoms with Crippen LogP contribution in [0.25, 0.3) is 0 Å². The zero-order valence-electron chi connectivity index (χ0n) is 20.0. The number of halogens is 2. The van der Waals surface area contributed by atoms with Gasteiger partial charge in [-0.25, -0.2) is 13.9 Å². The third-order valence-corrected chi connectivity index (χ3v) is 8.47. The van der Waals surface area contributed by atoms with Crippen LogP contribution in [-0.4, -0.2) is 59.9 Å². The van der Waals surface area contributed by atoms with E-state index in [4.69, 9.17) is 16.3 Å². The lowest BCUT2D eigenvalue weighted by atomic mass is 10.1. The minimum absolute atomic E-state index is 0.0898. The minimum Gasteiger partial charge on any atom is -0.468 e. The molecule has 1 aliphatic heterocycles. The predicted octanol–water partition coefficient (Wildman–Crippen LogP) is 5.36. The van der Waals surface area contributed by atoms with Crippen LogP contribution < -0.4 is 25.0 Å². The van der Waals surface area contributed by atoms with E-state index in [0.717, 1.165) is 17.4 Å². The van der Waals surface area contributed by atoms with E-state index in [-0.39, 0.29) is 21.2 Å². The first-order valence-corrected chi connectivity index (χ1v) is 13.6. The van der Waals surface area contributed by atoms with Gasteiger partial charge in [0.1, 0.15) is 15.8 Å². The van der Waals surface area contributed by atoms with Crippen LogP contribution in [0.3, 0.4) is 0 Å². The number of urea groups is 1. The molecule has 3 aromatic rings. The largest absolute Gasteiger partial charge is 0.468 e. The standard InChI is InChI=1S/C23H25ClFN5O5S2/c1-26-17-11-18-15(10-16(17)25)22(31)30(20(35-18)12-29(2)3)14-6-4-13(5-7-14)27-23(32)28-37(33,34)21-9-8-19(24)36-21/h4-11,20,26,33-34H,12H2,1-3H3,(H2,27,28,32). The molecule has 0 saturated carbocycles. The van der Waals surface area contributed by atoms with Gasteiger partial charge in [-0.3, -0.25) is 18.8 Å². The molecule has 1 aliphatic rings. The highest BCUT2D eigenvalue weighted by molar-refractivity contribution is 8.24. The maximum atomic E-state index is 14.4. The first-order chi connectivity index (χ1) is 17.5. The molecule has 0 saturated heterocycles. The Morgan fingerprint density at radius 2 is 1.92 bits per heavy atom. The molecule has 198 valence electrons. The molecule has 0 bridgehead atoms. The van der Waals surface area contributed by atoms with E-state index < -0.39 is 34.8 Å². The first-order valence-electron chi connectivity index (χ1n) is 10.9. The Hall–Kier alpha value is -3.07. The van der Waals surface area contributed by atoms with E-state index in [1.807, 2.05) is 19.0 Å². The fraction of sp³-hybridized carbons (Fsp3) is 0.217. The molecule has 0 aliphatic carbocycles. The van der Waals surface area contributed by atoms with Crippen molar-refractivity contribution in [1.29, 1.82) is 0 Å². The number of nitrogens with zero attached hydrogens (tertiary/aromatic N) is 2. The third kappa shape index (κ3) is 5.92. The zero-order chi connectivity index (χ0) is 26.9. The monoisotopic (exact) mass is 569 g/mol. The highest BCUT2D eigenvalue weighted by atomic mass is 35.5. The number of nitrogens with one attached hydrogen (secondary N) is 3. The molecule has 1 atom stereocenters. The second kappa shape index (κ2) is 10.7. The lowest BCUT2D eigenvalue weighted by Gasteiger charge is -2.38. The Balaban J connectivity index is 1.53. The van der Waals surface area contributed by atoms with Crippen molar-refractivity contribution in [3.05, 3.63) is 64.2 Å². The molecule has 0 spiro atoms. The fourth-order valence-corrected chi connectivity index (χ4v) is 6.12. The summed E-state index contributed by atoms with van der Waals surface area (Å²) in [6, 6.07) is 11.0. The van der Waals surface area contributed by atoms with Crippen LogP contribution in [0, 0.1) is 5.82 Å². The number of likely N-dealkylation sites (N-methyl/N-ethyl adjacent to an activating group) is 1. The van der Waals surface area contributed by atoms with E-state index >= 15 is 0 Å². The van der Waals surface area contributed by atoms with Crippen molar-refractivity contribution >= 4 is 62.7 Å². The number of fused-ring (bicyclic) bond motifs is 1. The Morgan fingerprint density at radius 3 is 2.51 bits per heavy atom. The number of hydrogen-bond acceptors (Lipinski definition) is 8. The van der Waals surface area contributed by atoms with Gasteiger partial charge >= 0.3 is 6.03 Å². The van der Waals surface area contributed by atoms with Gasteiger partial charge in [-0.2, -0.15) is 0 Å². The van der Waals surface area contributed by atoms with E-state index in [2.05, 4.69) is 15.4 Å². The average Bonchev–Trinajstić information content (AvgIpc) is 3.27. The van der Waals surface area contributed by atoms with Crippen molar-refractivity contribution in [3.8, 4) is 5.75 Å². The van der Waals surface area contributed by atoms with Crippen molar-refractivity contribution in [3.63, 3.8) is 0 Å². The molecule has 37 heavy (non-hydrogen) atoms. The molecular weight excluding hydrogens is 545 g/mol. The first kappa shape index (κ1) is 27.0. The molecule has 10 nitrogen and oxygen atoms in total. The Morgan fingerprint density at radius 1 is 1.22 bits per heavy atom. The van der Waals surface area contributed by atoms with Gasteiger partial charge in [0.05, 0.1) is 22.1 Å². The minimum atomic E-state index is -3.58. The molecule has 4 rings (SSSR count). The summed E-state index contributed by atoms with van der Waals surface area (Å²) >= 11 is 6.77. The summed E-state index contributed by atoms with van der Waals surface area (Å²) in [5.41, 5.74) is 1.10. The molecule has 14 heteroatoms. The normalized spacial score (nSPS) is 15.7. The van der Waals surface area contributed by atoms with Crippen LogP contribution in [-0.2, 0) is 0 Å². The molecule has 2 aromatic carbocycles. The maximum absolute atomic E-state index is 14.4. The van der Waals surface area contributed by atoms with Gasteiger partial charge in [0, 0.05) is 24.5 Å².